The fraction of sp³-hybridized carbons (Fsp3) is 0.500. The van der Waals surface area contributed by atoms with Gasteiger partial charge in [0.25, 0.3) is 0 Å². The lowest BCUT2D eigenvalue weighted by molar-refractivity contribution is -0.120. The highest BCUT2D eigenvalue weighted by Gasteiger charge is 2.10. The van der Waals surface area contributed by atoms with E-state index < -0.39 is 0 Å². The molecular weight excluding hydrogens is 214 g/mol. The van der Waals surface area contributed by atoms with Crippen LogP contribution in [0.15, 0.2) is 11.4 Å². The van der Waals surface area contributed by atoms with E-state index in [1.54, 1.807) is 23.1 Å². The number of rotatable bonds is 4. The maximum atomic E-state index is 11.5. The standard InChI is InChI=1S/C10H15NOS2/c1-7-4-5-14-9(7)6-11-10(12)8(2)13-3/h4-5,8H,6H2,1-3H3,(H,11,12)/t8-/m0/s1. The number of thiophene rings is 1. The smallest absolute Gasteiger partial charge is 0.233 e. The van der Waals surface area contributed by atoms with Crippen molar-refractivity contribution in [2.24, 2.45) is 0 Å². The zero-order chi connectivity index (χ0) is 10.6. The third kappa shape index (κ3) is 3.03. The van der Waals surface area contributed by atoms with Crippen LogP contribution in [0, 0.1) is 6.92 Å². The van der Waals surface area contributed by atoms with Gasteiger partial charge in [0.15, 0.2) is 0 Å². The van der Waals surface area contributed by atoms with Crippen LogP contribution in [0.3, 0.4) is 0 Å². The third-order valence-corrected chi connectivity index (χ3v) is 4.06. The summed E-state index contributed by atoms with van der Waals surface area (Å²) in [4.78, 5) is 12.7. The number of carbonyl (C=O) groups is 1. The van der Waals surface area contributed by atoms with Crippen LogP contribution in [0.2, 0.25) is 0 Å². The molecule has 2 nitrogen and oxygen atoms in total. The first-order valence-corrected chi connectivity index (χ1v) is 6.65. The molecule has 1 heterocycles. The summed E-state index contributed by atoms with van der Waals surface area (Å²) in [6.07, 6.45) is 1.95. The highest BCUT2D eigenvalue weighted by molar-refractivity contribution is 7.99. The monoisotopic (exact) mass is 229 g/mol. The number of aryl methyl sites for hydroxylation is 1. The molecule has 0 saturated carbocycles. The van der Waals surface area contributed by atoms with Crippen molar-refractivity contribution in [3.05, 3.63) is 21.9 Å². The molecule has 1 rings (SSSR count). The second-order valence-electron chi connectivity index (χ2n) is 3.12. The summed E-state index contributed by atoms with van der Waals surface area (Å²) in [5, 5.41) is 5.01. The molecule has 0 saturated heterocycles. The summed E-state index contributed by atoms with van der Waals surface area (Å²) >= 11 is 3.25. The molecule has 0 aliphatic rings. The quantitative estimate of drug-likeness (QED) is 0.859. The minimum absolute atomic E-state index is 0.0373. The number of amides is 1. The Hall–Kier alpha value is -0.480. The van der Waals surface area contributed by atoms with Crippen LogP contribution in [0.25, 0.3) is 0 Å². The zero-order valence-electron chi connectivity index (χ0n) is 8.66. The Morgan fingerprint density at radius 2 is 2.43 bits per heavy atom. The average Bonchev–Trinajstić information content (AvgIpc) is 2.59. The Labute approximate surface area is 93.1 Å². The predicted molar refractivity (Wildman–Crippen MR) is 63.9 cm³/mol. The molecule has 1 N–H and O–H groups in total. The number of hydrogen-bond donors (Lipinski definition) is 1. The van der Waals surface area contributed by atoms with Gasteiger partial charge >= 0.3 is 0 Å². The first-order chi connectivity index (χ1) is 6.65. The van der Waals surface area contributed by atoms with Crippen molar-refractivity contribution in [3.8, 4) is 0 Å². The molecule has 1 aromatic rings. The van der Waals surface area contributed by atoms with Crippen LogP contribution in [0.5, 0.6) is 0 Å². The highest BCUT2D eigenvalue weighted by Crippen LogP contribution is 2.15. The molecule has 1 amide bonds. The van der Waals surface area contributed by atoms with E-state index in [1.807, 2.05) is 13.2 Å². The summed E-state index contributed by atoms with van der Waals surface area (Å²) < 4.78 is 0. The topological polar surface area (TPSA) is 29.1 Å². The van der Waals surface area contributed by atoms with Gasteiger partial charge in [0.1, 0.15) is 0 Å². The Kier molecular flexibility index (Phi) is 4.48. The molecular formula is C10H15NOS2. The molecule has 0 aliphatic heterocycles. The van der Waals surface area contributed by atoms with Gasteiger partial charge in [-0.05, 0) is 37.1 Å². The van der Waals surface area contributed by atoms with Gasteiger partial charge in [-0.2, -0.15) is 11.8 Å². The van der Waals surface area contributed by atoms with Crippen molar-refractivity contribution in [3.63, 3.8) is 0 Å². The summed E-state index contributed by atoms with van der Waals surface area (Å²) in [6.45, 7) is 4.64. The second-order valence-corrected chi connectivity index (χ2v) is 5.30. The first-order valence-electron chi connectivity index (χ1n) is 4.48. The van der Waals surface area contributed by atoms with Gasteiger partial charge in [0.05, 0.1) is 11.8 Å². The normalized spacial score (nSPS) is 12.5. The van der Waals surface area contributed by atoms with Gasteiger partial charge in [-0.3, -0.25) is 4.79 Å². The van der Waals surface area contributed by atoms with Crippen LogP contribution in [0.4, 0.5) is 0 Å². The van der Waals surface area contributed by atoms with E-state index in [9.17, 15) is 4.79 Å². The Bertz CT molecular complexity index is 309. The van der Waals surface area contributed by atoms with E-state index in [1.165, 1.54) is 10.4 Å². The van der Waals surface area contributed by atoms with Crippen LogP contribution < -0.4 is 5.32 Å². The number of thioether (sulfide) groups is 1. The molecule has 78 valence electrons. The van der Waals surface area contributed by atoms with Crippen molar-refractivity contribution < 1.29 is 4.79 Å². The largest absolute Gasteiger partial charge is 0.350 e. The van der Waals surface area contributed by atoms with Crippen LogP contribution >= 0.6 is 23.1 Å². The highest BCUT2D eigenvalue weighted by atomic mass is 32.2. The van der Waals surface area contributed by atoms with Gasteiger partial charge in [-0.15, -0.1) is 11.3 Å². The van der Waals surface area contributed by atoms with Gasteiger partial charge < -0.3 is 5.32 Å². The third-order valence-electron chi connectivity index (χ3n) is 2.11. The first kappa shape index (κ1) is 11.6. The van der Waals surface area contributed by atoms with Crippen LogP contribution in [-0.4, -0.2) is 17.4 Å². The van der Waals surface area contributed by atoms with Crippen molar-refractivity contribution in [2.45, 2.75) is 25.6 Å². The maximum Gasteiger partial charge on any atom is 0.233 e. The summed E-state index contributed by atoms with van der Waals surface area (Å²) in [5.74, 6) is 0.116. The average molecular weight is 229 g/mol. The molecule has 0 unspecified atom stereocenters. The van der Waals surface area contributed by atoms with Gasteiger partial charge in [-0.1, -0.05) is 0 Å². The Morgan fingerprint density at radius 3 is 2.93 bits per heavy atom. The fourth-order valence-electron chi connectivity index (χ4n) is 1.00. The lowest BCUT2D eigenvalue weighted by atomic mass is 10.3. The summed E-state index contributed by atoms with van der Waals surface area (Å²) in [5.41, 5.74) is 1.26. The minimum Gasteiger partial charge on any atom is -0.350 e. The zero-order valence-corrected chi connectivity index (χ0v) is 10.3. The van der Waals surface area contributed by atoms with Crippen molar-refractivity contribution >= 4 is 29.0 Å². The van der Waals surface area contributed by atoms with E-state index in [-0.39, 0.29) is 11.2 Å². The van der Waals surface area contributed by atoms with E-state index in [2.05, 4.69) is 23.7 Å². The van der Waals surface area contributed by atoms with Crippen molar-refractivity contribution in [2.75, 3.05) is 6.26 Å². The number of nitrogens with one attached hydrogen (secondary N) is 1. The van der Waals surface area contributed by atoms with Crippen LogP contribution in [0.1, 0.15) is 17.4 Å². The molecule has 1 aromatic heterocycles. The summed E-state index contributed by atoms with van der Waals surface area (Å²) in [7, 11) is 0. The van der Waals surface area contributed by atoms with E-state index >= 15 is 0 Å². The van der Waals surface area contributed by atoms with E-state index in [0.717, 1.165) is 0 Å². The van der Waals surface area contributed by atoms with E-state index in [0.29, 0.717) is 6.54 Å². The fourth-order valence-corrected chi connectivity index (χ4v) is 2.15. The van der Waals surface area contributed by atoms with E-state index in [4.69, 9.17) is 0 Å². The molecule has 0 aliphatic carbocycles. The van der Waals surface area contributed by atoms with Gasteiger partial charge in [0.2, 0.25) is 5.91 Å². The second kappa shape index (κ2) is 5.41. The molecule has 0 bridgehead atoms. The molecule has 0 spiro atoms. The molecule has 0 fully saturated rings. The molecule has 0 aromatic carbocycles. The Morgan fingerprint density at radius 1 is 1.71 bits per heavy atom. The molecule has 14 heavy (non-hydrogen) atoms. The minimum atomic E-state index is 0.0373. The lowest BCUT2D eigenvalue weighted by Gasteiger charge is -2.08. The molecule has 1 atom stereocenters. The van der Waals surface area contributed by atoms with Crippen LogP contribution in [-0.2, 0) is 11.3 Å². The SMILES string of the molecule is CS[C@@H](C)C(=O)NCc1sccc1C. The Balaban J connectivity index is 2.41. The lowest BCUT2D eigenvalue weighted by Crippen LogP contribution is -2.30. The predicted octanol–water partition coefficient (Wildman–Crippen LogP) is 2.42. The van der Waals surface area contributed by atoms with Gasteiger partial charge in [-0.25, -0.2) is 0 Å². The summed E-state index contributed by atoms with van der Waals surface area (Å²) in [6, 6.07) is 2.07. The molecule has 4 heteroatoms. The maximum absolute atomic E-state index is 11.5. The number of hydrogen-bond acceptors (Lipinski definition) is 3. The van der Waals surface area contributed by atoms with Crippen molar-refractivity contribution in [1.82, 2.24) is 5.32 Å². The van der Waals surface area contributed by atoms with Crippen molar-refractivity contribution in [1.29, 1.82) is 0 Å². The number of carbonyl (C=O) groups excluding carboxylic acids is 1. The van der Waals surface area contributed by atoms with Gasteiger partial charge in [0, 0.05) is 4.88 Å². The molecule has 0 radical (unpaired) electrons.